The van der Waals surface area contributed by atoms with Gasteiger partial charge >= 0.3 is 57.4 Å². The number of para-hydroxylation sites is 1. The maximum Gasteiger partial charge on any atom is 1.00 e. The van der Waals surface area contributed by atoms with Gasteiger partial charge in [0.25, 0.3) is 0 Å². The Kier molecular flexibility index (Phi) is 4.27. The van der Waals surface area contributed by atoms with E-state index in [9.17, 15) is 9.59 Å². The quantitative estimate of drug-likeness (QED) is 0.430. The first kappa shape index (κ1) is 11.9. The first-order valence-electron chi connectivity index (χ1n) is 3.94. The molecule has 1 fully saturated rings. The van der Waals surface area contributed by atoms with Crippen molar-refractivity contribution in [2.75, 3.05) is 11.4 Å². The minimum Gasteiger partial charge on any atom is -1.00 e. The second-order valence-electron chi connectivity index (χ2n) is 2.78. The van der Waals surface area contributed by atoms with Crippen LogP contribution in [0.3, 0.4) is 0 Å². The molecule has 68 valence electrons. The average Bonchev–Trinajstić information content (AvgIpc) is 2.47. The number of benzene rings is 1. The number of nitrogens with zero attached hydrogens (tertiary/aromatic N) is 1. The van der Waals surface area contributed by atoms with Crippen molar-refractivity contribution in [3.05, 3.63) is 30.3 Å². The van der Waals surface area contributed by atoms with E-state index in [0.29, 0.717) is 0 Å². The van der Waals surface area contributed by atoms with E-state index in [0.717, 1.165) is 5.69 Å². The van der Waals surface area contributed by atoms with Crippen LogP contribution in [0.1, 0.15) is 1.43 Å². The van der Waals surface area contributed by atoms with E-state index < -0.39 is 0 Å². The van der Waals surface area contributed by atoms with Crippen LogP contribution < -0.4 is 61.6 Å². The molecule has 14 heavy (non-hydrogen) atoms. The van der Waals surface area contributed by atoms with E-state index in [2.05, 4.69) is 5.32 Å². The molecule has 0 unspecified atom stereocenters. The summed E-state index contributed by atoms with van der Waals surface area (Å²) >= 11 is 0. The van der Waals surface area contributed by atoms with Gasteiger partial charge in [-0.15, -0.1) is 0 Å². The van der Waals surface area contributed by atoms with Crippen LogP contribution in [0.25, 0.3) is 0 Å². The number of amides is 3. The molecule has 1 aliphatic rings. The van der Waals surface area contributed by atoms with E-state index in [1.165, 1.54) is 4.90 Å². The van der Waals surface area contributed by atoms with Gasteiger partial charge < -0.3 is 1.43 Å². The van der Waals surface area contributed by atoms with Gasteiger partial charge in [-0.2, -0.15) is 0 Å². The molecule has 0 aromatic heterocycles. The third kappa shape index (κ3) is 2.43. The molecule has 3 amide bonds. The van der Waals surface area contributed by atoms with Crippen molar-refractivity contribution in [1.29, 1.82) is 0 Å². The van der Waals surface area contributed by atoms with Gasteiger partial charge in [-0.05, 0) is 12.1 Å². The maximum atomic E-state index is 11.2. The fraction of sp³-hybridized carbons (Fsp3) is 0.111. The first-order chi connectivity index (χ1) is 6.27. The minimum absolute atomic E-state index is 0. The Hall–Kier alpha value is -0.204. The molecule has 0 radical (unpaired) electrons. The van der Waals surface area contributed by atoms with Gasteiger partial charge in [0.05, 0.1) is 0 Å². The Balaban J connectivity index is 0.000000980. The van der Waals surface area contributed by atoms with Gasteiger partial charge in [0.15, 0.2) is 0 Å². The molecule has 1 heterocycles. The second-order valence-corrected chi connectivity index (χ2v) is 2.78. The summed E-state index contributed by atoms with van der Waals surface area (Å²) in [6.07, 6.45) is 0. The average molecular weight is 216 g/mol. The van der Waals surface area contributed by atoms with Crippen molar-refractivity contribution in [3.8, 4) is 0 Å². The Bertz CT molecular complexity index is 358. The zero-order valence-corrected chi connectivity index (χ0v) is 11.0. The molecule has 4 nitrogen and oxygen atoms in total. The summed E-state index contributed by atoms with van der Waals surface area (Å²) < 4.78 is 0. The standard InChI is InChI=1S/C9H8N2O2.K.H/c12-8-6-11(9(13)10-8)7-4-2-1-3-5-7;;/h1-5H,6H2,(H,10,12,13);;/q;+1;-1. The van der Waals surface area contributed by atoms with Crippen molar-refractivity contribution in [1.82, 2.24) is 5.32 Å². The molecular formula is C9H9KN2O2. The molecule has 0 spiro atoms. The predicted molar refractivity (Wildman–Crippen MR) is 48.4 cm³/mol. The molecule has 2 rings (SSSR count). The number of urea groups is 1. The zero-order chi connectivity index (χ0) is 9.26. The van der Waals surface area contributed by atoms with Crippen molar-refractivity contribution < 1.29 is 62.4 Å². The summed E-state index contributed by atoms with van der Waals surface area (Å²) in [6, 6.07) is 8.74. The summed E-state index contributed by atoms with van der Waals surface area (Å²) in [5, 5.41) is 2.21. The van der Waals surface area contributed by atoms with Gasteiger partial charge in [0.1, 0.15) is 6.54 Å². The Morgan fingerprint density at radius 3 is 2.36 bits per heavy atom. The van der Waals surface area contributed by atoms with Crippen LogP contribution in [0, 0.1) is 0 Å². The van der Waals surface area contributed by atoms with E-state index >= 15 is 0 Å². The number of carbonyl (C=O) groups excluding carboxylic acids is 2. The zero-order valence-electron chi connectivity index (χ0n) is 8.86. The number of carbonyl (C=O) groups is 2. The number of anilines is 1. The number of imide groups is 1. The normalized spacial score (nSPS) is 15.0. The van der Waals surface area contributed by atoms with Gasteiger partial charge in [-0.1, -0.05) is 18.2 Å². The van der Waals surface area contributed by atoms with Crippen LogP contribution in [-0.2, 0) is 4.79 Å². The summed E-state index contributed by atoms with van der Waals surface area (Å²) in [6.45, 7) is 0.114. The van der Waals surface area contributed by atoms with Gasteiger partial charge in [-0.25, -0.2) is 4.79 Å². The van der Waals surface area contributed by atoms with Crippen LogP contribution in [0.2, 0.25) is 0 Å². The number of hydrogen-bond acceptors (Lipinski definition) is 2. The Morgan fingerprint density at radius 2 is 1.86 bits per heavy atom. The fourth-order valence-corrected chi connectivity index (χ4v) is 1.26. The monoisotopic (exact) mass is 216 g/mol. The van der Waals surface area contributed by atoms with Crippen molar-refractivity contribution >= 4 is 17.6 Å². The van der Waals surface area contributed by atoms with Crippen molar-refractivity contribution in [2.45, 2.75) is 0 Å². The molecule has 0 aliphatic carbocycles. The molecule has 1 aliphatic heterocycles. The smallest absolute Gasteiger partial charge is 1.00 e. The van der Waals surface area contributed by atoms with Crippen molar-refractivity contribution in [3.63, 3.8) is 0 Å². The van der Waals surface area contributed by atoms with Gasteiger partial charge in [0.2, 0.25) is 5.91 Å². The van der Waals surface area contributed by atoms with Crippen LogP contribution in [-0.4, -0.2) is 18.5 Å². The van der Waals surface area contributed by atoms with Crippen LogP contribution >= 0.6 is 0 Å². The minimum atomic E-state index is -0.351. The fourth-order valence-electron chi connectivity index (χ4n) is 1.26. The summed E-state index contributed by atoms with van der Waals surface area (Å²) in [5.74, 6) is -0.256. The molecule has 1 aromatic rings. The van der Waals surface area contributed by atoms with Crippen molar-refractivity contribution in [2.24, 2.45) is 0 Å². The predicted octanol–water partition coefficient (Wildman–Crippen LogP) is -2.14. The molecule has 1 aromatic carbocycles. The van der Waals surface area contributed by atoms with Crippen LogP contribution in [0.4, 0.5) is 10.5 Å². The third-order valence-corrected chi connectivity index (χ3v) is 1.86. The number of nitrogens with one attached hydrogen (secondary N) is 1. The third-order valence-electron chi connectivity index (χ3n) is 1.86. The van der Waals surface area contributed by atoms with E-state index in [1.54, 1.807) is 12.1 Å². The molecule has 5 heteroatoms. The summed E-state index contributed by atoms with van der Waals surface area (Å²) in [5.41, 5.74) is 0.742. The number of hydrogen-bond donors (Lipinski definition) is 1. The summed E-state index contributed by atoms with van der Waals surface area (Å²) in [4.78, 5) is 23.4. The molecular weight excluding hydrogens is 207 g/mol. The maximum absolute atomic E-state index is 11.2. The first-order valence-corrected chi connectivity index (χ1v) is 3.94. The van der Waals surface area contributed by atoms with E-state index in [1.807, 2.05) is 18.2 Å². The molecule has 0 bridgehead atoms. The second kappa shape index (κ2) is 5.04. The molecule has 1 saturated heterocycles. The molecule has 1 N–H and O–H groups in total. The van der Waals surface area contributed by atoms with Crippen LogP contribution in [0.5, 0.6) is 0 Å². The Morgan fingerprint density at radius 1 is 1.21 bits per heavy atom. The topological polar surface area (TPSA) is 49.4 Å². The van der Waals surface area contributed by atoms with Gasteiger partial charge in [-0.3, -0.25) is 15.0 Å². The van der Waals surface area contributed by atoms with Crippen LogP contribution in [0.15, 0.2) is 30.3 Å². The Labute approximate surface area is 126 Å². The largest absolute Gasteiger partial charge is 1.00 e. The number of rotatable bonds is 1. The van der Waals surface area contributed by atoms with Gasteiger partial charge in [0, 0.05) is 5.69 Å². The molecule has 0 atom stereocenters. The SMILES string of the molecule is O=C1CN(c2ccccc2)C(=O)N1.[H-].[K+]. The summed E-state index contributed by atoms with van der Waals surface area (Å²) in [7, 11) is 0. The van der Waals surface area contributed by atoms with E-state index in [4.69, 9.17) is 0 Å². The molecule has 0 saturated carbocycles. The van der Waals surface area contributed by atoms with E-state index in [-0.39, 0.29) is 71.3 Å².